The first-order valence-corrected chi connectivity index (χ1v) is 9.10. The molecule has 5 heteroatoms. The van der Waals surface area contributed by atoms with Crippen molar-refractivity contribution in [2.24, 2.45) is 5.92 Å². The minimum atomic E-state index is -0.265. The molecule has 1 amide bonds. The van der Waals surface area contributed by atoms with Gasteiger partial charge in [-0.05, 0) is 49.3 Å². The summed E-state index contributed by atoms with van der Waals surface area (Å²) in [4.78, 5) is 13.9. The zero-order valence-corrected chi connectivity index (χ0v) is 14.1. The number of anilines is 1. The van der Waals surface area contributed by atoms with Crippen molar-refractivity contribution in [3.8, 4) is 0 Å². The summed E-state index contributed by atoms with van der Waals surface area (Å²) < 4.78 is 14.4. The summed E-state index contributed by atoms with van der Waals surface area (Å²) in [6.07, 6.45) is 6.46. The summed E-state index contributed by atoms with van der Waals surface area (Å²) in [7, 11) is 0. The van der Waals surface area contributed by atoms with Gasteiger partial charge in [-0.25, -0.2) is 4.39 Å². The van der Waals surface area contributed by atoms with E-state index in [0.717, 1.165) is 18.4 Å². The molecule has 0 spiro atoms. The van der Waals surface area contributed by atoms with Gasteiger partial charge in [-0.3, -0.25) is 4.79 Å². The van der Waals surface area contributed by atoms with Gasteiger partial charge < -0.3 is 15.3 Å². The summed E-state index contributed by atoms with van der Waals surface area (Å²) in [6, 6.07) is 5.17. The van der Waals surface area contributed by atoms with E-state index in [1.165, 1.54) is 18.9 Å². The Kier molecular flexibility index (Phi) is 5.72. The topological polar surface area (TPSA) is 52.6 Å². The highest BCUT2D eigenvalue weighted by Gasteiger charge is 2.20. The Hall–Kier alpha value is -1.62. The van der Waals surface area contributed by atoms with Crippen molar-refractivity contribution in [1.29, 1.82) is 0 Å². The van der Waals surface area contributed by atoms with Gasteiger partial charge in [-0.1, -0.05) is 18.9 Å². The van der Waals surface area contributed by atoms with Gasteiger partial charge in [-0.2, -0.15) is 0 Å². The molecule has 1 heterocycles. The number of rotatable bonds is 5. The molecule has 2 aliphatic rings. The molecule has 1 aromatic carbocycles. The van der Waals surface area contributed by atoms with Crippen LogP contribution in [0.5, 0.6) is 0 Å². The smallest absolute Gasteiger partial charge is 0.220 e. The van der Waals surface area contributed by atoms with Gasteiger partial charge in [0.15, 0.2) is 0 Å². The van der Waals surface area contributed by atoms with Crippen LogP contribution in [0.3, 0.4) is 0 Å². The Bertz CT molecular complexity index is 564. The van der Waals surface area contributed by atoms with Crippen LogP contribution >= 0.6 is 0 Å². The van der Waals surface area contributed by atoms with Gasteiger partial charge >= 0.3 is 0 Å². The van der Waals surface area contributed by atoms with E-state index in [9.17, 15) is 14.3 Å². The molecule has 0 atom stereocenters. The minimum absolute atomic E-state index is 0.0661. The third kappa shape index (κ3) is 4.47. The number of hydrogen-bond donors (Lipinski definition) is 2. The normalized spacial score (nSPS) is 19.7. The summed E-state index contributed by atoms with van der Waals surface area (Å²) in [5.41, 5.74) is 1.37. The molecule has 2 fully saturated rings. The minimum Gasteiger partial charge on any atom is -0.393 e. The first kappa shape index (κ1) is 17.2. The third-order valence-corrected chi connectivity index (χ3v) is 5.26. The average Bonchev–Trinajstić information content (AvgIpc) is 3.07. The number of hydrogen-bond acceptors (Lipinski definition) is 3. The van der Waals surface area contributed by atoms with Crippen molar-refractivity contribution in [2.45, 2.75) is 57.6 Å². The van der Waals surface area contributed by atoms with Crippen LogP contribution in [0.2, 0.25) is 0 Å². The maximum Gasteiger partial charge on any atom is 0.220 e. The van der Waals surface area contributed by atoms with Crippen LogP contribution in [0, 0.1) is 11.7 Å². The van der Waals surface area contributed by atoms with E-state index in [1.54, 1.807) is 6.07 Å². The molecule has 2 N–H and O–H groups in total. The average molecular weight is 334 g/mol. The van der Waals surface area contributed by atoms with Crippen molar-refractivity contribution in [3.05, 3.63) is 29.6 Å². The fourth-order valence-corrected chi connectivity index (χ4v) is 3.77. The van der Waals surface area contributed by atoms with E-state index >= 15 is 0 Å². The number of aliphatic hydroxyl groups excluding tert-OH is 1. The SMILES string of the molecule is O=C(CC1CCCC1)NCc1ccc(N2CCC(O)CC2)c(F)c1. The van der Waals surface area contributed by atoms with Crippen LogP contribution in [0.4, 0.5) is 10.1 Å². The molecule has 1 aromatic rings. The molecule has 0 bridgehead atoms. The molecule has 1 saturated heterocycles. The lowest BCUT2D eigenvalue weighted by Crippen LogP contribution is -2.36. The van der Waals surface area contributed by atoms with Crippen molar-refractivity contribution in [2.75, 3.05) is 18.0 Å². The zero-order valence-electron chi connectivity index (χ0n) is 14.1. The van der Waals surface area contributed by atoms with E-state index in [1.807, 2.05) is 11.0 Å². The van der Waals surface area contributed by atoms with Crippen LogP contribution in [-0.4, -0.2) is 30.2 Å². The van der Waals surface area contributed by atoms with Crippen molar-refractivity contribution in [3.63, 3.8) is 0 Å². The number of carbonyl (C=O) groups excluding carboxylic acids is 1. The monoisotopic (exact) mass is 334 g/mol. The number of benzene rings is 1. The van der Waals surface area contributed by atoms with Crippen LogP contribution in [0.25, 0.3) is 0 Å². The maximum absolute atomic E-state index is 14.4. The molecule has 24 heavy (non-hydrogen) atoms. The molecule has 4 nitrogen and oxygen atoms in total. The summed E-state index contributed by atoms with van der Waals surface area (Å²) in [6.45, 7) is 1.73. The van der Waals surface area contributed by atoms with Gasteiger partial charge in [0.2, 0.25) is 5.91 Å². The number of amides is 1. The summed E-state index contributed by atoms with van der Waals surface area (Å²) in [5, 5.41) is 12.5. The molecule has 0 aromatic heterocycles. The highest BCUT2D eigenvalue weighted by molar-refractivity contribution is 5.76. The Labute approximate surface area is 143 Å². The predicted octanol–water partition coefficient (Wildman–Crippen LogP) is 2.98. The van der Waals surface area contributed by atoms with E-state index in [-0.39, 0.29) is 17.8 Å². The Morgan fingerprint density at radius 3 is 2.58 bits per heavy atom. The molecular weight excluding hydrogens is 307 g/mol. The molecule has 1 saturated carbocycles. The highest BCUT2D eigenvalue weighted by Crippen LogP contribution is 2.27. The standard InChI is InChI=1S/C19H27FN2O2/c20-17-11-15(13-21-19(24)12-14-3-1-2-4-14)5-6-18(17)22-9-7-16(23)8-10-22/h5-6,11,14,16,23H,1-4,7-10,12-13H2,(H,21,24). The highest BCUT2D eigenvalue weighted by atomic mass is 19.1. The molecule has 1 aliphatic heterocycles. The Morgan fingerprint density at radius 1 is 1.21 bits per heavy atom. The summed E-state index contributed by atoms with van der Waals surface area (Å²) in [5.74, 6) is 0.337. The van der Waals surface area contributed by atoms with Gasteiger partial charge in [0.05, 0.1) is 11.8 Å². The number of carbonyl (C=O) groups is 1. The second kappa shape index (κ2) is 7.97. The first-order valence-electron chi connectivity index (χ1n) is 9.10. The molecule has 0 radical (unpaired) electrons. The number of halogens is 1. The van der Waals surface area contributed by atoms with Crippen LogP contribution < -0.4 is 10.2 Å². The molecule has 3 rings (SSSR count). The van der Waals surface area contributed by atoms with Gasteiger partial charge in [-0.15, -0.1) is 0 Å². The third-order valence-electron chi connectivity index (χ3n) is 5.26. The lowest BCUT2D eigenvalue weighted by Gasteiger charge is -2.31. The molecule has 132 valence electrons. The van der Waals surface area contributed by atoms with Gasteiger partial charge in [0.1, 0.15) is 5.82 Å². The number of nitrogens with zero attached hydrogens (tertiary/aromatic N) is 1. The van der Waals surface area contributed by atoms with Crippen LogP contribution in [-0.2, 0) is 11.3 Å². The van der Waals surface area contributed by atoms with Crippen LogP contribution in [0.15, 0.2) is 18.2 Å². The number of piperidine rings is 1. The van der Waals surface area contributed by atoms with E-state index < -0.39 is 0 Å². The van der Waals surface area contributed by atoms with Crippen LogP contribution in [0.1, 0.15) is 50.5 Å². The lowest BCUT2D eigenvalue weighted by atomic mass is 10.0. The Morgan fingerprint density at radius 2 is 1.92 bits per heavy atom. The second-order valence-electron chi connectivity index (χ2n) is 7.14. The van der Waals surface area contributed by atoms with E-state index in [4.69, 9.17) is 0 Å². The Balaban J connectivity index is 1.51. The molecule has 1 aliphatic carbocycles. The largest absolute Gasteiger partial charge is 0.393 e. The van der Waals surface area contributed by atoms with E-state index in [0.29, 0.717) is 50.5 Å². The van der Waals surface area contributed by atoms with Gasteiger partial charge in [0.25, 0.3) is 0 Å². The number of nitrogens with one attached hydrogen (secondary N) is 1. The quantitative estimate of drug-likeness (QED) is 0.870. The van der Waals surface area contributed by atoms with Crippen molar-refractivity contribution < 1.29 is 14.3 Å². The second-order valence-corrected chi connectivity index (χ2v) is 7.14. The lowest BCUT2D eigenvalue weighted by molar-refractivity contribution is -0.122. The van der Waals surface area contributed by atoms with E-state index in [2.05, 4.69) is 5.32 Å². The van der Waals surface area contributed by atoms with Crippen molar-refractivity contribution >= 4 is 11.6 Å². The molecule has 0 unspecified atom stereocenters. The fraction of sp³-hybridized carbons (Fsp3) is 0.632. The predicted molar refractivity (Wildman–Crippen MR) is 92.3 cm³/mol. The zero-order chi connectivity index (χ0) is 16.9. The first-order chi connectivity index (χ1) is 11.6. The maximum atomic E-state index is 14.4. The fourth-order valence-electron chi connectivity index (χ4n) is 3.77. The number of aliphatic hydroxyl groups is 1. The molecular formula is C19H27FN2O2. The van der Waals surface area contributed by atoms with Crippen molar-refractivity contribution in [1.82, 2.24) is 5.32 Å². The summed E-state index contributed by atoms with van der Waals surface area (Å²) >= 11 is 0. The van der Waals surface area contributed by atoms with Gasteiger partial charge in [0, 0.05) is 26.1 Å².